The molecule has 1 heterocycles. The number of carbonyl (C=O) groups excluding carboxylic acids is 1. The summed E-state index contributed by atoms with van der Waals surface area (Å²) in [6.45, 7) is 6.84. The molecule has 1 aromatic heterocycles. The minimum Gasteiger partial charge on any atom is -0.352 e. The molecule has 2 rings (SSSR count). The number of benzene rings is 1. The summed E-state index contributed by atoms with van der Waals surface area (Å²) >= 11 is 0. The van der Waals surface area contributed by atoms with Gasteiger partial charge in [-0.2, -0.15) is 0 Å². The molecular weight excluding hydrogens is 302 g/mol. The van der Waals surface area contributed by atoms with Gasteiger partial charge in [0, 0.05) is 12.6 Å². The van der Waals surface area contributed by atoms with Crippen LogP contribution in [-0.2, 0) is 17.9 Å². The van der Waals surface area contributed by atoms with Gasteiger partial charge in [0.15, 0.2) is 0 Å². The van der Waals surface area contributed by atoms with E-state index in [1.54, 1.807) is 9.13 Å². The molecule has 1 amide bonds. The van der Waals surface area contributed by atoms with Gasteiger partial charge in [0.1, 0.15) is 6.54 Å². The first-order chi connectivity index (χ1) is 11.6. The van der Waals surface area contributed by atoms with Crippen LogP contribution in [0.15, 0.2) is 29.1 Å². The predicted octanol–water partition coefficient (Wildman–Crippen LogP) is 3.30. The molecule has 1 aromatic carbocycles. The Morgan fingerprint density at radius 3 is 2.38 bits per heavy atom. The number of nitrogens with zero attached hydrogens (tertiary/aromatic N) is 2. The normalized spacial score (nSPS) is 12.5. The fourth-order valence-corrected chi connectivity index (χ4v) is 3.14. The van der Waals surface area contributed by atoms with Crippen LogP contribution in [0.1, 0.15) is 52.9 Å². The quantitative estimate of drug-likeness (QED) is 0.717. The first kappa shape index (κ1) is 18.3. The Morgan fingerprint density at radius 1 is 1.08 bits per heavy atom. The molecule has 0 saturated carbocycles. The zero-order valence-corrected chi connectivity index (χ0v) is 15.0. The Morgan fingerprint density at radius 2 is 1.75 bits per heavy atom. The van der Waals surface area contributed by atoms with Gasteiger partial charge in [-0.25, -0.2) is 4.79 Å². The van der Waals surface area contributed by atoms with E-state index in [4.69, 9.17) is 0 Å². The maximum Gasteiger partial charge on any atom is 0.329 e. The Labute approximate surface area is 143 Å². The van der Waals surface area contributed by atoms with Crippen LogP contribution in [-0.4, -0.2) is 21.1 Å². The van der Waals surface area contributed by atoms with Gasteiger partial charge in [-0.05, 0) is 32.4 Å². The SMILES string of the molecule is CCCCCC[C@@H](C)NC(=O)Cn1c(=O)n(CC)c2ccccc21. The number of rotatable bonds is 9. The third-order valence-electron chi connectivity index (χ3n) is 4.44. The molecule has 1 N–H and O–H groups in total. The van der Waals surface area contributed by atoms with E-state index in [1.807, 2.05) is 38.1 Å². The number of unbranched alkanes of at least 4 members (excludes halogenated alkanes) is 3. The van der Waals surface area contributed by atoms with Crippen molar-refractivity contribution >= 4 is 16.9 Å². The van der Waals surface area contributed by atoms with E-state index in [9.17, 15) is 9.59 Å². The molecule has 0 aliphatic rings. The smallest absolute Gasteiger partial charge is 0.329 e. The van der Waals surface area contributed by atoms with Gasteiger partial charge in [0.25, 0.3) is 0 Å². The second-order valence-corrected chi connectivity index (χ2v) is 6.42. The molecule has 5 nitrogen and oxygen atoms in total. The van der Waals surface area contributed by atoms with Crippen LogP contribution in [0.4, 0.5) is 0 Å². The zero-order chi connectivity index (χ0) is 17.5. The predicted molar refractivity (Wildman–Crippen MR) is 98.2 cm³/mol. The lowest BCUT2D eigenvalue weighted by molar-refractivity contribution is -0.122. The van der Waals surface area contributed by atoms with Crippen molar-refractivity contribution in [2.24, 2.45) is 0 Å². The lowest BCUT2D eigenvalue weighted by atomic mass is 10.1. The average Bonchev–Trinajstić information content (AvgIpc) is 2.83. The summed E-state index contributed by atoms with van der Waals surface area (Å²) in [4.78, 5) is 24.9. The first-order valence-electron chi connectivity index (χ1n) is 9.05. The average molecular weight is 331 g/mol. The summed E-state index contributed by atoms with van der Waals surface area (Å²) in [5.74, 6) is -0.0981. The number of aromatic nitrogens is 2. The first-order valence-corrected chi connectivity index (χ1v) is 9.05. The number of carbonyl (C=O) groups is 1. The number of imidazole rings is 1. The molecule has 0 spiro atoms. The van der Waals surface area contributed by atoms with Crippen LogP contribution in [0.2, 0.25) is 0 Å². The summed E-state index contributed by atoms with van der Waals surface area (Å²) < 4.78 is 3.27. The Balaban J connectivity index is 2.03. The second-order valence-electron chi connectivity index (χ2n) is 6.42. The highest BCUT2D eigenvalue weighted by atomic mass is 16.2. The van der Waals surface area contributed by atoms with Crippen molar-refractivity contribution in [1.29, 1.82) is 0 Å². The van der Waals surface area contributed by atoms with Crippen molar-refractivity contribution in [2.75, 3.05) is 0 Å². The van der Waals surface area contributed by atoms with Crippen molar-refractivity contribution < 1.29 is 4.79 Å². The van der Waals surface area contributed by atoms with Gasteiger partial charge >= 0.3 is 5.69 Å². The summed E-state index contributed by atoms with van der Waals surface area (Å²) in [6, 6.07) is 7.77. The molecule has 0 bridgehead atoms. The Bertz CT molecular complexity index is 730. The third-order valence-corrected chi connectivity index (χ3v) is 4.44. The van der Waals surface area contributed by atoms with E-state index in [0.717, 1.165) is 23.9 Å². The summed E-state index contributed by atoms with van der Waals surface area (Å²) in [6.07, 6.45) is 5.78. The van der Waals surface area contributed by atoms with Gasteiger partial charge in [-0.15, -0.1) is 0 Å². The molecule has 1 atom stereocenters. The van der Waals surface area contributed by atoms with Crippen molar-refractivity contribution in [3.63, 3.8) is 0 Å². The maximum absolute atomic E-state index is 12.5. The Kier molecular flexibility index (Phi) is 6.64. The highest BCUT2D eigenvalue weighted by Crippen LogP contribution is 2.12. The number of nitrogens with one attached hydrogen (secondary N) is 1. The van der Waals surface area contributed by atoms with Gasteiger partial charge in [-0.1, -0.05) is 44.7 Å². The van der Waals surface area contributed by atoms with Crippen LogP contribution in [0.3, 0.4) is 0 Å². The molecule has 0 fully saturated rings. The standard InChI is InChI=1S/C19H29N3O2/c1-4-6-7-8-11-15(3)20-18(23)14-22-17-13-10-9-12-16(17)21(5-2)19(22)24/h9-10,12-13,15H,4-8,11,14H2,1-3H3,(H,20,23)/t15-/m1/s1. The van der Waals surface area contributed by atoms with E-state index in [1.165, 1.54) is 19.3 Å². The largest absolute Gasteiger partial charge is 0.352 e. The number of hydrogen-bond donors (Lipinski definition) is 1. The van der Waals surface area contributed by atoms with Crippen molar-refractivity contribution in [3.8, 4) is 0 Å². The molecule has 132 valence electrons. The van der Waals surface area contributed by atoms with E-state index >= 15 is 0 Å². The van der Waals surface area contributed by atoms with Crippen LogP contribution in [0.25, 0.3) is 11.0 Å². The van der Waals surface area contributed by atoms with Crippen molar-refractivity contribution in [3.05, 3.63) is 34.7 Å². The number of amides is 1. The lowest BCUT2D eigenvalue weighted by Crippen LogP contribution is -2.37. The molecule has 0 radical (unpaired) electrons. The minimum absolute atomic E-state index is 0.0750. The number of fused-ring (bicyclic) bond motifs is 1. The second kappa shape index (κ2) is 8.71. The summed E-state index contributed by atoms with van der Waals surface area (Å²) in [7, 11) is 0. The van der Waals surface area contributed by atoms with E-state index < -0.39 is 0 Å². The lowest BCUT2D eigenvalue weighted by Gasteiger charge is -2.14. The monoisotopic (exact) mass is 331 g/mol. The van der Waals surface area contributed by atoms with Crippen LogP contribution in [0, 0.1) is 0 Å². The topological polar surface area (TPSA) is 56.0 Å². The summed E-state index contributed by atoms with van der Waals surface area (Å²) in [5.41, 5.74) is 1.57. The number of para-hydroxylation sites is 2. The van der Waals surface area contributed by atoms with Gasteiger partial charge in [0.05, 0.1) is 11.0 Å². The van der Waals surface area contributed by atoms with E-state index in [0.29, 0.717) is 6.54 Å². The molecular formula is C19H29N3O2. The van der Waals surface area contributed by atoms with Crippen LogP contribution in [0.5, 0.6) is 0 Å². The molecule has 2 aromatic rings. The van der Waals surface area contributed by atoms with E-state index in [2.05, 4.69) is 12.2 Å². The molecule has 0 unspecified atom stereocenters. The molecule has 24 heavy (non-hydrogen) atoms. The fourth-order valence-electron chi connectivity index (χ4n) is 3.14. The van der Waals surface area contributed by atoms with Crippen molar-refractivity contribution in [1.82, 2.24) is 14.5 Å². The van der Waals surface area contributed by atoms with Crippen LogP contribution >= 0.6 is 0 Å². The minimum atomic E-state index is -0.121. The molecule has 5 heteroatoms. The summed E-state index contributed by atoms with van der Waals surface area (Å²) in [5, 5.41) is 3.02. The number of aryl methyl sites for hydroxylation is 1. The Hall–Kier alpha value is -2.04. The highest BCUT2D eigenvalue weighted by molar-refractivity contribution is 5.81. The van der Waals surface area contributed by atoms with E-state index in [-0.39, 0.29) is 24.2 Å². The zero-order valence-electron chi connectivity index (χ0n) is 15.0. The maximum atomic E-state index is 12.5. The molecule has 0 aliphatic heterocycles. The third kappa shape index (κ3) is 4.28. The van der Waals surface area contributed by atoms with Gasteiger partial charge in [0.2, 0.25) is 5.91 Å². The highest BCUT2D eigenvalue weighted by Gasteiger charge is 2.15. The van der Waals surface area contributed by atoms with Gasteiger partial charge in [-0.3, -0.25) is 13.9 Å². The fraction of sp³-hybridized carbons (Fsp3) is 0.579. The molecule has 0 saturated heterocycles. The van der Waals surface area contributed by atoms with Gasteiger partial charge < -0.3 is 5.32 Å². The molecule has 0 aliphatic carbocycles. The number of hydrogen-bond acceptors (Lipinski definition) is 2. The van der Waals surface area contributed by atoms with Crippen molar-refractivity contribution in [2.45, 2.75) is 72.0 Å². The van der Waals surface area contributed by atoms with Crippen LogP contribution < -0.4 is 11.0 Å².